The molecule has 0 N–H and O–H groups in total. The van der Waals surface area contributed by atoms with Crippen molar-refractivity contribution in [3.63, 3.8) is 0 Å². The largest absolute Gasteiger partial charge is 0.460 e. The Balaban J connectivity index is 2.03. The first-order valence-electron chi connectivity index (χ1n) is 8.68. The SMILES string of the molecule is CCC1SC2=NC(C)=C(C(=O)OCCOC)C(c3ccc(I)cc3)N2C1=O. The molecular weight excluding hydrogens is 479 g/mol. The molecule has 0 saturated carbocycles. The van der Waals surface area contributed by atoms with Crippen molar-refractivity contribution in [3.8, 4) is 0 Å². The highest BCUT2D eigenvalue weighted by Gasteiger charge is 2.47. The van der Waals surface area contributed by atoms with Gasteiger partial charge in [-0.15, -0.1) is 0 Å². The number of carbonyl (C=O) groups excluding carboxylic acids is 2. The number of thioether (sulfide) groups is 1. The fourth-order valence-corrected chi connectivity index (χ4v) is 4.60. The number of carbonyl (C=O) groups is 2. The molecule has 2 aliphatic rings. The summed E-state index contributed by atoms with van der Waals surface area (Å²) >= 11 is 3.69. The van der Waals surface area contributed by atoms with Crippen molar-refractivity contribution in [2.75, 3.05) is 20.3 Å². The number of halogens is 1. The van der Waals surface area contributed by atoms with E-state index in [-0.39, 0.29) is 17.8 Å². The van der Waals surface area contributed by atoms with E-state index in [4.69, 9.17) is 9.47 Å². The molecule has 1 saturated heterocycles. The predicted molar refractivity (Wildman–Crippen MR) is 113 cm³/mol. The zero-order valence-corrected chi connectivity index (χ0v) is 18.4. The average molecular weight is 500 g/mol. The normalized spacial score (nSPS) is 22.0. The molecule has 2 atom stereocenters. The number of ether oxygens (including phenoxy) is 2. The van der Waals surface area contributed by atoms with E-state index in [1.165, 1.54) is 11.8 Å². The van der Waals surface area contributed by atoms with Crippen LogP contribution in [0.25, 0.3) is 0 Å². The van der Waals surface area contributed by atoms with Gasteiger partial charge in [0.25, 0.3) is 0 Å². The Morgan fingerprint density at radius 3 is 2.63 bits per heavy atom. The summed E-state index contributed by atoms with van der Waals surface area (Å²) in [4.78, 5) is 32.0. The van der Waals surface area contributed by atoms with Gasteiger partial charge < -0.3 is 9.47 Å². The summed E-state index contributed by atoms with van der Waals surface area (Å²) in [5, 5.41) is 0.480. The van der Waals surface area contributed by atoms with Gasteiger partial charge in [0.15, 0.2) is 5.17 Å². The van der Waals surface area contributed by atoms with E-state index in [1.807, 2.05) is 31.2 Å². The molecule has 2 heterocycles. The number of amidine groups is 1. The number of esters is 1. The van der Waals surface area contributed by atoms with Crippen molar-refractivity contribution < 1.29 is 19.1 Å². The molecule has 1 aromatic carbocycles. The van der Waals surface area contributed by atoms with Crippen molar-refractivity contribution in [1.29, 1.82) is 0 Å². The van der Waals surface area contributed by atoms with Crippen molar-refractivity contribution in [1.82, 2.24) is 4.90 Å². The molecule has 1 fully saturated rings. The van der Waals surface area contributed by atoms with Gasteiger partial charge in [-0.2, -0.15) is 0 Å². The second-order valence-electron chi connectivity index (χ2n) is 6.20. The fourth-order valence-electron chi connectivity index (χ4n) is 3.11. The Morgan fingerprint density at radius 2 is 2.00 bits per heavy atom. The topological polar surface area (TPSA) is 68.2 Å². The number of hydrogen-bond acceptors (Lipinski definition) is 6. The molecular formula is C19H21IN2O4S. The zero-order valence-electron chi connectivity index (χ0n) is 15.4. The van der Waals surface area contributed by atoms with Gasteiger partial charge >= 0.3 is 5.97 Å². The summed E-state index contributed by atoms with van der Waals surface area (Å²) < 4.78 is 11.4. The lowest BCUT2D eigenvalue weighted by Gasteiger charge is -2.33. The van der Waals surface area contributed by atoms with E-state index in [0.717, 1.165) is 9.13 Å². The first-order valence-corrected chi connectivity index (χ1v) is 10.6. The van der Waals surface area contributed by atoms with Crippen molar-refractivity contribution in [3.05, 3.63) is 44.7 Å². The number of amides is 1. The summed E-state index contributed by atoms with van der Waals surface area (Å²) in [5.41, 5.74) is 1.86. The second kappa shape index (κ2) is 8.74. The summed E-state index contributed by atoms with van der Waals surface area (Å²) in [5.74, 6) is -0.479. The molecule has 0 aromatic heterocycles. The van der Waals surface area contributed by atoms with Gasteiger partial charge in [-0.05, 0) is 53.6 Å². The Bertz CT molecular complexity index is 806. The minimum Gasteiger partial charge on any atom is -0.460 e. The van der Waals surface area contributed by atoms with Gasteiger partial charge in [0, 0.05) is 10.7 Å². The molecule has 1 amide bonds. The van der Waals surface area contributed by atoms with Crippen LogP contribution in [0.5, 0.6) is 0 Å². The first kappa shape index (κ1) is 20.3. The van der Waals surface area contributed by atoms with Crippen LogP contribution in [-0.4, -0.2) is 47.5 Å². The number of fused-ring (bicyclic) bond motifs is 1. The zero-order chi connectivity index (χ0) is 19.6. The van der Waals surface area contributed by atoms with Crippen LogP contribution in [-0.2, 0) is 19.1 Å². The van der Waals surface area contributed by atoms with Crippen molar-refractivity contribution >= 4 is 51.4 Å². The van der Waals surface area contributed by atoms with Crippen LogP contribution in [0.2, 0.25) is 0 Å². The lowest BCUT2D eigenvalue weighted by molar-refractivity contribution is -0.141. The molecule has 2 unspecified atom stereocenters. The Morgan fingerprint density at radius 1 is 1.30 bits per heavy atom. The number of allylic oxidation sites excluding steroid dienone is 1. The van der Waals surface area contributed by atoms with Gasteiger partial charge in [0.2, 0.25) is 5.91 Å². The van der Waals surface area contributed by atoms with Crippen LogP contribution >= 0.6 is 34.4 Å². The Kier molecular flexibility index (Phi) is 6.59. The third-order valence-electron chi connectivity index (χ3n) is 4.45. The highest BCUT2D eigenvalue weighted by Crippen LogP contribution is 2.44. The van der Waals surface area contributed by atoms with E-state index in [2.05, 4.69) is 27.6 Å². The van der Waals surface area contributed by atoms with Crippen LogP contribution in [0.1, 0.15) is 31.9 Å². The number of methoxy groups -OCH3 is 1. The molecule has 8 heteroatoms. The summed E-state index contributed by atoms with van der Waals surface area (Å²) in [6.45, 7) is 4.25. The number of hydrogen-bond donors (Lipinski definition) is 0. The molecule has 0 bridgehead atoms. The Labute approximate surface area is 176 Å². The lowest BCUT2D eigenvalue weighted by Crippen LogP contribution is -2.40. The maximum Gasteiger partial charge on any atom is 0.338 e. The summed E-state index contributed by atoms with van der Waals surface area (Å²) in [6.07, 6.45) is 0.713. The quantitative estimate of drug-likeness (QED) is 0.340. The van der Waals surface area contributed by atoms with Gasteiger partial charge in [0.1, 0.15) is 6.61 Å². The fraction of sp³-hybridized carbons (Fsp3) is 0.421. The minimum absolute atomic E-state index is 0.0144. The smallest absolute Gasteiger partial charge is 0.338 e. The third kappa shape index (κ3) is 4.07. The number of nitrogens with zero attached hydrogens (tertiary/aromatic N) is 2. The number of rotatable bonds is 6. The van der Waals surface area contributed by atoms with E-state index in [1.54, 1.807) is 18.9 Å². The maximum atomic E-state index is 13.0. The van der Waals surface area contributed by atoms with Gasteiger partial charge in [-0.1, -0.05) is 30.8 Å². The van der Waals surface area contributed by atoms with Crippen LogP contribution in [0.4, 0.5) is 0 Å². The van der Waals surface area contributed by atoms with Gasteiger partial charge in [-0.25, -0.2) is 9.79 Å². The number of benzene rings is 1. The van der Waals surface area contributed by atoms with Crippen LogP contribution < -0.4 is 0 Å². The van der Waals surface area contributed by atoms with Crippen molar-refractivity contribution in [2.45, 2.75) is 31.6 Å². The lowest BCUT2D eigenvalue weighted by atomic mass is 9.94. The standard InChI is InChI=1S/C19H21IN2O4S/c1-4-14-17(23)22-16(12-5-7-13(20)8-6-12)15(11(2)21-19(22)27-14)18(24)26-10-9-25-3/h5-8,14,16H,4,9-10H2,1-3H3. The van der Waals surface area contributed by atoms with E-state index < -0.39 is 12.0 Å². The first-order chi connectivity index (χ1) is 13.0. The maximum absolute atomic E-state index is 13.0. The van der Waals surface area contributed by atoms with Gasteiger partial charge in [0.05, 0.1) is 29.2 Å². The highest BCUT2D eigenvalue weighted by molar-refractivity contribution is 14.1. The van der Waals surface area contributed by atoms with Crippen LogP contribution in [0.15, 0.2) is 40.5 Å². The minimum atomic E-state index is -0.527. The third-order valence-corrected chi connectivity index (χ3v) is 6.49. The van der Waals surface area contributed by atoms with Crippen molar-refractivity contribution in [2.24, 2.45) is 4.99 Å². The predicted octanol–water partition coefficient (Wildman–Crippen LogP) is 3.52. The molecule has 6 nitrogen and oxygen atoms in total. The summed E-state index contributed by atoms with van der Waals surface area (Å²) in [6, 6.07) is 7.30. The number of aliphatic imine (C=N–C) groups is 1. The van der Waals surface area contributed by atoms with Crippen LogP contribution in [0.3, 0.4) is 0 Å². The molecule has 27 heavy (non-hydrogen) atoms. The molecule has 3 rings (SSSR count). The average Bonchev–Trinajstić information content (AvgIpc) is 2.96. The molecule has 0 radical (unpaired) electrons. The van der Waals surface area contributed by atoms with Gasteiger partial charge in [-0.3, -0.25) is 9.69 Å². The Hall–Kier alpha value is -1.39. The molecule has 0 aliphatic carbocycles. The monoisotopic (exact) mass is 500 g/mol. The summed E-state index contributed by atoms with van der Waals surface area (Å²) in [7, 11) is 1.55. The molecule has 144 valence electrons. The second-order valence-corrected chi connectivity index (χ2v) is 8.61. The van der Waals surface area contributed by atoms with Crippen LogP contribution in [0, 0.1) is 3.57 Å². The van der Waals surface area contributed by atoms with E-state index in [0.29, 0.717) is 29.5 Å². The molecule has 2 aliphatic heterocycles. The van der Waals surface area contributed by atoms with E-state index >= 15 is 0 Å². The molecule has 0 spiro atoms. The highest BCUT2D eigenvalue weighted by atomic mass is 127. The van der Waals surface area contributed by atoms with E-state index in [9.17, 15) is 9.59 Å². The molecule has 1 aromatic rings.